The number of piperidine rings is 1. The summed E-state index contributed by atoms with van der Waals surface area (Å²) in [5, 5.41) is 6.28. The number of carbonyl (C=O) groups excluding carboxylic acids is 1. The fraction of sp³-hybridized carbons (Fsp3) is 0.348. The van der Waals surface area contributed by atoms with Crippen LogP contribution in [0.4, 0.5) is 21.8 Å². The summed E-state index contributed by atoms with van der Waals surface area (Å²) in [6.45, 7) is 6.95. The third-order valence-corrected chi connectivity index (χ3v) is 5.56. The number of amides is 1. The first kappa shape index (κ1) is 20.8. The third-order valence-electron chi connectivity index (χ3n) is 5.56. The van der Waals surface area contributed by atoms with Crippen molar-refractivity contribution in [3.05, 3.63) is 54.0 Å². The van der Waals surface area contributed by atoms with Crippen molar-refractivity contribution in [3.63, 3.8) is 0 Å². The summed E-state index contributed by atoms with van der Waals surface area (Å²) < 4.78 is 14.3. The predicted octanol–water partition coefficient (Wildman–Crippen LogP) is 2.90. The van der Waals surface area contributed by atoms with Gasteiger partial charge in [0.25, 0.3) is 0 Å². The number of aromatic nitrogens is 2. The molecule has 1 saturated heterocycles. The molecule has 3 heterocycles. The lowest BCUT2D eigenvalue weighted by Gasteiger charge is -2.32. The van der Waals surface area contributed by atoms with Crippen LogP contribution < -0.4 is 10.6 Å². The number of rotatable bonds is 6. The number of hydrogen-bond donors (Lipinski definition) is 2. The zero-order valence-electron chi connectivity index (χ0n) is 17.3. The minimum absolute atomic E-state index is 0.0861. The fourth-order valence-electron chi connectivity index (χ4n) is 4.06. The SMILES string of the molecule is C#CCN1Cc2ccc(Nc3ncc(F)c(NC4CCCN(C(=O)C=C)C4)n3)cc2C1. The molecule has 1 amide bonds. The van der Waals surface area contributed by atoms with Crippen LogP contribution in [0.3, 0.4) is 0 Å². The Morgan fingerprint density at radius 2 is 2.23 bits per heavy atom. The molecule has 0 bridgehead atoms. The Morgan fingerprint density at radius 1 is 1.39 bits per heavy atom. The first-order valence-corrected chi connectivity index (χ1v) is 10.3. The van der Waals surface area contributed by atoms with Crippen molar-refractivity contribution >= 4 is 23.4 Å². The number of likely N-dealkylation sites (tertiary alicyclic amines) is 1. The van der Waals surface area contributed by atoms with Crippen LogP contribution in [-0.2, 0) is 17.9 Å². The lowest BCUT2D eigenvalue weighted by molar-refractivity contribution is -0.127. The van der Waals surface area contributed by atoms with Crippen molar-refractivity contribution in [1.82, 2.24) is 19.8 Å². The fourth-order valence-corrected chi connectivity index (χ4v) is 4.06. The Hall–Kier alpha value is -3.44. The van der Waals surface area contributed by atoms with Crippen LogP contribution in [0.25, 0.3) is 0 Å². The molecule has 2 N–H and O–H groups in total. The van der Waals surface area contributed by atoms with Crippen LogP contribution in [0.15, 0.2) is 37.1 Å². The molecule has 31 heavy (non-hydrogen) atoms. The normalized spacial score (nSPS) is 18.2. The van der Waals surface area contributed by atoms with Gasteiger partial charge in [-0.25, -0.2) is 9.37 Å². The highest BCUT2D eigenvalue weighted by atomic mass is 19.1. The van der Waals surface area contributed by atoms with Gasteiger partial charge in [0.1, 0.15) is 0 Å². The summed E-state index contributed by atoms with van der Waals surface area (Å²) in [6, 6.07) is 5.98. The molecule has 0 spiro atoms. The van der Waals surface area contributed by atoms with Gasteiger partial charge in [-0.3, -0.25) is 9.69 Å². The molecule has 0 saturated carbocycles. The quantitative estimate of drug-likeness (QED) is 0.553. The number of terminal acetylenes is 1. The Labute approximate surface area is 181 Å². The summed E-state index contributed by atoms with van der Waals surface area (Å²) in [6.07, 6.45) is 9.53. The van der Waals surface area contributed by atoms with E-state index in [1.54, 1.807) is 4.90 Å². The van der Waals surface area contributed by atoms with E-state index in [4.69, 9.17) is 6.42 Å². The maximum Gasteiger partial charge on any atom is 0.246 e. The third kappa shape index (κ3) is 4.84. The number of benzene rings is 1. The van der Waals surface area contributed by atoms with E-state index in [2.05, 4.69) is 44.1 Å². The van der Waals surface area contributed by atoms with Gasteiger partial charge in [0, 0.05) is 37.9 Å². The van der Waals surface area contributed by atoms with Gasteiger partial charge in [-0.1, -0.05) is 18.6 Å². The maximum atomic E-state index is 14.3. The molecule has 0 radical (unpaired) electrons. The number of carbonyl (C=O) groups is 1. The molecule has 2 aromatic rings. The average molecular weight is 420 g/mol. The second-order valence-corrected chi connectivity index (χ2v) is 7.82. The molecule has 2 aliphatic rings. The number of fused-ring (bicyclic) bond motifs is 1. The molecule has 1 unspecified atom stereocenters. The van der Waals surface area contributed by atoms with E-state index >= 15 is 0 Å². The average Bonchev–Trinajstić information content (AvgIpc) is 3.17. The van der Waals surface area contributed by atoms with Crippen molar-refractivity contribution in [2.24, 2.45) is 0 Å². The van der Waals surface area contributed by atoms with Crippen LogP contribution in [0.5, 0.6) is 0 Å². The Bertz CT molecular complexity index is 1030. The van der Waals surface area contributed by atoms with Crippen LogP contribution in [0.1, 0.15) is 24.0 Å². The summed E-state index contributed by atoms with van der Waals surface area (Å²) >= 11 is 0. The van der Waals surface area contributed by atoms with Crippen molar-refractivity contribution in [2.45, 2.75) is 32.0 Å². The van der Waals surface area contributed by atoms with E-state index in [1.165, 1.54) is 17.2 Å². The van der Waals surface area contributed by atoms with E-state index in [0.717, 1.165) is 37.8 Å². The summed E-state index contributed by atoms with van der Waals surface area (Å²) in [4.78, 5) is 24.2. The molecular formula is C23H25FN6O. The molecule has 2 aliphatic heterocycles. The van der Waals surface area contributed by atoms with Gasteiger partial charge < -0.3 is 15.5 Å². The topological polar surface area (TPSA) is 73.4 Å². The molecule has 4 rings (SSSR count). The van der Waals surface area contributed by atoms with Gasteiger partial charge in [0.2, 0.25) is 11.9 Å². The summed E-state index contributed by atoms with van der Waals surface area (Å²) in [7, 11) is 0. The van der Waals surface area contributed by atoms with E-state index in [-0.39, 0.29) is 17.8 Å². The highest BCUT2D eigenvalue weighted by Gasteiger charge is 2.24. The first-order valence-electron chi connectivity index (χ1n) is 10.3. The largest absolute Gasteiger partial charge is 0.363 e. The van der Waals surface area contributed by atoms with Crippen LogP contribution in [-0.4, -0.2) is 51.4 Å². The van der Waals surface area contributed by atoms with Gasteiger partial charge >= 0.3 is 0 Å². The molecule has 160 valence electrons. The second kappa shape index (κ2) is 9.14. The predicted molar refractivity (Wildman–Crippen MR) is 118 cm³/mol. The molecule has 1 aromatic heterocycles. The van der Waals surface area contributed by atoms with E-state index in [0.29, 0.717) is 25.6 Å². The number of halogens is 1. The van der Waals surface area contributed by atoms with E-state index in [9.17, 15) is 9.18 Å². The van der Waals surface area contributed by atoms with Gasteiger partial charge in [0.05, 0.1) is 12.7 Å². The standard InChI is InChI=1S/C23H25FN6O/c1-3-9-29-13-16-7-8-18(11-17(16)14-29)27-23-25-12-20(24)22(28-23)26-19-6-5-10-30(15-19)21(31)4-2/h1,4,7-8,11-12,19H,2,5-6,9-10,13-15H2,(H2,25,26,27,28). The second-order valence-electron chi connectivity index (χ2n) is 7.82. The Morgan fingerprint density at radius 3 is 3.03 bits per heavy atom. The molecule has 8 heteroatoms. The van der Waals surface area contributed by atoms with Gasteiger partial charge in [-0.15, -0.1) is 6.42 Å². The monoisotopic (exact) mass is 420 g/mol. The van der Waals surface area contributed by atoms with Crippen LogP contribution in [0, 0.1) is 18.2 Å². The van der Waals surface area contributed by atoms with Gasteiger partial charge in [-0.2, -0.15) is 4.98 Å². The lowest BCUT2D eigenvalue weighted by Crippen LogP contribution is -2.44. The summed E-state index contributed by atoms with van der Waals surface area (Å²) in [5.74, 6) is 2.46. The number of nitrogens with zero attached hydrogens (tertiary/aromatic N) is 4. The minimum Gasteiger partial charge on any atom is -0.363 e. The first-order chi connectivity index (χ1) is 15.1. The van der Waals surface area contributed by atoms with Crippen LogP contribution in [0.2, 0.25) is 0 Å². The maximum absolute atomic E-state index is 14.3. The Balaban J connectivity index is 1.44. The van der Waals surface area contributed by atoms with Gasteiger partial charge in [0.15, 0.2) is 11.6 Å². The molecule has 1 atom stereocenters. The molecule has 0 aliphatic carbocycles. The van der Waals surface area contributed by atoms with Crippen molar-refractivity contribution < 1.29 is 9.18 Å². The molecular weight excluding hydrogens is 395 g/mol. The number of nitrogens with one attached hydrogen (secondary N) is 2. The molecule has 1 aromatic carbocycles. The highest BCUT2D eigenvalue weighted by molar-refractivity contribution is 5.87. The van der Waals surface area contributed by atoms with E-state index < -0.39 is 5.82 Å². The van der Waals surface area contributed by atoms with Crippen molar-refractivity contribution in [1.29, 1.82) is 0 Å². The van der Waals surface area contributed by atoms with Crippen molar-refractivity contribution in [2.75, 3.05) is 30.3 Å². The Kier molecular flexibility index (Phi) is 6.14. The number of hydrogen-bond acceptors (Lipinski definition) is 6. The molecule has 7 nitrogen and oxygen atoms in total. The zero-order chi connectivity index (χ0) is 21.8. The minimum atomic E-state index is -0.531. The van der Waals surface area contributed by atoms with Crippen molar-refractivity contribution in [3.8, 4) is 12.3 Å². The zero-order valence-corrected chi connectivity index (χ0v) is 17.3. The van der Waals surface area contributed by atoms with Crippen LogP contribution >= 0.6 is 0 Å². The summed E-state index contributed by atoms with van der Waals surface area (Å²) in [5.41, 5.74) is 3.29. The smallest absolute Gasteiger partial charge is 0.246 e. The number of anilines is 3. The van der Waals surface area contributed by atoms with E-state index in [1.807, 2.05) is 12.1 Å². The molecule has 1 fully saturated rings. The van der Waals surface area contributed by atoms with Gasteiger partial charge in [-0.05, 0) is 42.2 Å². The highest BCUT2D eigenvalue weighted by Crippen LogP contribution is 2.27. The lowest BCUT2D eigenvalue weighted by atomic mass is 10.1.